The summed E-state index contributed by atoms with van der Waals surface area (Å²) in [7, 11) is 3.12. The minimum absolute atomic E-state index is 0.297. The summed E-state index contributed by atoms with van der Waals surface area (Å²) in [5, 5.41) is 13.5. The van der Waals surface area contributed by atoms with Gasteiger partial charge in [0.25, 0.3) is 5.91 Å². The third kappa shape index (κ3) is 3.92. The summed E-state index contributed by atoms with van der Waals surface area (Å²) in [6.45, 7) is -0.00653. The molecule has 1 aromatic carbocycles. The van der Waals surface area contributed by atoms with Crippen LogP contribution in [0.1, 0.15) is 44.1 Å². The predicted molar refractivity (Wildman–Crippen MR) is 104 cm³/mol. The SMILES string of the molecule is COc1ccc(CNC(=O)COC(=O)C23C[C@@H]4C[C@@H](CC(O)(C4)C2)C3)cc1OC. The van der Waals surface area contributed by atoms with E-state index in [2.05, 4.69) is 5.32 Å². The van der Waals surface area contributed by atoms with Crippen LogP contribution in [0.5, 0.6) is 11.5 Å². The van der Waals surface area contributed by atoms with Gasteiger partial charge in [0.1, 0.15) is 0 Å². The fraction of sp³-hybridized carbons (Fsp3) is 0.636. The van der Waals surface area contributed by atoms with Crippen molar-refractivity contribution in [2.45, 2.75) is 50.7 Å². The van der Waals surface area contributed by atoms with Crippen molar-refractivity contribution in [3.8, 4) is 11.5 Å². The molecule has 0 radical (unpaired) electrons. The maximum absolute atomic E-state index is 12.8. The maximum atomic E-state index is 12.8. The lowest BCUT2D eigenvalue weighted by Crippen LogP contribution is -2.58. The summed E-state index contributed by atoms with van der Waals surface area (Å²) < 4.78 is 15.9. The van der Waals surface area contributed by atoms with Crippen LogP contribution in [-0.4, -0.2) is 43.4 Å². The Kier molecular flexibility index (Phi) is 5.19. The third-order valence-electron chi connectivity index (χ3n) is 6.74. The van der Waals surface area contributed by atoms with Gasteiger partial charge >= 0.3 is 5.97 Å². The standard InChI is InChI=1S/C22H29NO6/c1-27-17-4-3-14(6-18(17)28-2)11-23-19(24)12-29-20(25)21-7-15-5-16(8-21)10-22(26,9-15)13-21/h3-4,6,15-16,26H,5,7-13H2,1-2H3,(H,23,24)/t15-,16+,21?,22?. The highest BCUT2D eigenvalue weighted by Gasteiger charge is 2.60. The monoisotopic (exact) mass is 403 g/mol. The minimum atomic E-state index is -0.723. The Bertz CT molecular complexity index is 792. The molecule has 0 heterocycles. The second-order valence-electron chi connectivity index (χ2n) is 9.01. The third-order valence-corrected chi connectivity index (χ3v) is 6.74. The van der Waals surface area contributed by atoms with Gasteiger partial charge in [-0.2, -0.15) is 0 Å². The topological polar surface area (TPSA) is 94.1 Å². The average Bonchev–Trinajstić information content (AvgIpc) is 2.68. The molecule has 7 heteroatoms. The fourth-order valence-electron chi connectivity index (χ4n) is 5.98. The summed E-state index contributed by atoms with van der Waals surface area (Å²) >= 11 is 0. The molecular formula is C22H29NO6. The number of hydrogen-bond acceptors (Lipinski definition) is 6. The number of carbonyl (C=O) groups excluding carboxylic acids is 2. The number of rotatable bonds is 7. The molecule has 2 N–H and O–H groups in total. The minimum Gasteiger partial charge on any atom is -0.493 e. The molecule has 5 rings (SSSR count). The van der Waals surface area contributed by atoms with Gasteiger partial charge in [-0.3, -0.25) is 9.59 Å². The number of ether oxygens (including phenoxy) is 3. The molecule has 29 heavy (non-hydrogen) atoms. The van der Waals surface area contributed by atoms with Crippen LogP contribution in [0.2, 0.25) is 0 Å². The van der Waals surface area contributed by atoms with E-state index in [1.165, 1.54) is 0 Å². The van der Waals surface area contributed by atoms with E-state index in [4.69, 9.17) is 14.2 Å². The van der Waals surface area contributed by atoms with Crippen molar-refractivity contribution in [3.63, 3.8) is 0 Å². The van der Waals surface area contributed by atoms with Crippen LogP contribution < -0.4 is 14.8 Å². The van der Waals surface area contributed by atoms with Crippen molar-refractivity contribution in [1.29, 1.82) is 0 Å². The second-order valence-corrected chi connectivity index (χ2v) is 9.01. The lowest BCUT2D eigenvalue weighted by Gasteiger charge is -2.58. The average molecular weight is 403 g/mol. The van der Waals surface area contributed by atoms with Crippen LogP contribution in [0.3, 0.4) is 0 Å². The maximum Gasteiger partial charge on any atom is 0.312 e. The van der Waals surface area contributed by atoms with E-state index in [0.717, 1.165) is 37.7 Å². The Morgan fingerprint density at radius 1 is 1.10 bits per heavy atom. The molecule has 1 amide bonds. The van der Waals surface area contributed by atoms with E-state index < -0.39 is 11.0 Å². The molecule has 4 bridgehead atoms. The highest BCUT2D eigenvalue weighted by molar-refractivity contribution is 5.83. The van der Waals surface area contributed by atoms with Crippen LogP contribution in [0.15, 0.2) is 18.2 Å². The molecule has 4 aliphatic carbocycles. The molecule has 1 aromatic rings. The second kappa shape index (κ2) is 7.52. The van der Waals surface area contributed by atoms with E-state index in [0.29, 0.717) is 36.3 Å². The van der Waals surface area contributed by atoms with Gasteiger partial charge in [0.2, 0.25) is 0 Å². The summed E-state index contributed by atoms with van der Waals surface area (Å²) in [6, 6.07) is 5.41. The Hall–Kier alpha value is -2.28. The Morgan fingerprint density at radius 3 is 2.41 bits per heavy atom. The van der Waals surface area contributed by atoms with Crippen molar-refractivity contribution in [3.05, 3.63) is 23.8 Å². The molecule has 4 fully saturated rings. The lowest BCUT2D eigenvalue weighted by molar-refractivity contribution is -0.196. The zero-order valence-electron chi connectivity index (χ0n) is 17.0. The molecular weight excluding hydrogens is 374 g/mol. The van der Waals surface area contributed by atoms with E-state index in [-0.39, 0.29) is 18.5 Å². The van der Waals surface area contributed by atoms with Crippen LogP contribution >= 0.6 is 0 Å². The Balaban J connectivity index is 1.29. The van der Waals surface area contributed by atoms with E-state index in [1.807, 2.05) is 6.07 Å². The Labute approximate surface area is 170 Å². The van der Waals surface area contributed by atoms with Crippen LogP contribution in [0.25, 0.3) is 0 Å². The van der Waals surface area contributed by atoms with Gasteiger partial charge in [-0.1, -0.05) is 6.07 Å². The van der Waals surface area contributed by atoms with Crippen LogP contribution in [-0.2, 0) is 20.9 Å². The van der Waals surface area contributed by atoms with Crippen molar-refractivity contribution >= 4 is 11.9 Å². The highest BCUT2D eigenvalue weighted by Crippen LogP contribution is 2.61. The number of nitrogens with one attached hydrogen (secondary N) is 1. The van der Waals surface area contributed by atoms with Gasteiger partial charge in [-0.15, -0.1) is 0 Å². The summed E-state index contributed by atoms with van der Waals surface area (Å²) in [5.74, 6) is 1.32. The molecule has 158 valence electrons. The Morgan fingerprint density at radius 2 is 1.79 bits per heavy atom. The van der Waals surface area contributed by atoms with Crippen molar-refractivity contribution in [2.75, 3.05) is 20.8 Å². The first-order valence-corrected chi connectivity index (χ1v) is 10.2. The number of methoxy groups -OCH3 is 2. The molecule has 7 nitrogen and oxygen atoms in total. The quantitative estimate of drug-likeness (QED) is 0.678. The first-order chi connectivity index (χ1) is 13.8. The molecule has 4 aliphatic rings. The number of aliphatic hydroxyl groups is 1. The van der Waals surface area contributed by atoms with Gasteiger partial charge in [-0.05, 0) is 68.1 Å². The molecule has 0 spiro atoms. The van der Waals surface area contributed by atoms with Gasteiger partial charge in [0, 0.05) is 6.54 Å². The number of hydrogen-bond donors (Lipinski definition) is 2. The van der Waals surface area contributed by atoms with Gasteiger partial charge in [0.05, 0.1) is 25.2 Å². The number of carbonyl (C=O) groups is 2. The van der Waals surface area contributed by atoms with E-state index in [9.17, 15) is 14.7 Å². The van der Waals surface area contributed by atoms with E-state index in [1.54, 1.807) is 26.4 Å². The summed E-state index contributed by atoms with van der Waals surface area (Å²) in [6.07, 6.45) is 4.72. The van der Waals surface area contributed by atoms with Crippen molar-refractivity contribution < 1.29 is 28.9 Å². The first-order valence-electron chi connectivity index (χ1n) is 10.2. The number of esters is 1. The van der Waals surface area contributed by atoms with Gasteiger partial charge in [-0.25, -0.2) is 0 Å². The summed E-state index contributed by atoms with van der Waals surface area (Å²) in [5.41, 5.74) is -0.480. The van der Waals surface area contributed by atoms with E-state index >= 15 is 0 Å². The molecule has 4 atom stereocenters. The molecule has 0 aliphatic heterocycles. The molecule has 0 aromatic heterocycles. The molecule has 2 unspecified atom stereocenters. The lowest BCUT2D eigenvalue weighted by atomic mass is 9.48. The zero-order valence-corrected chi connectivity index (χ0v) is 17.0. The largest absolute Gasteiger partial charge is 0.493 e. The summed E-state index contributed by atoms with van der Waals surface area (Å²) in [4.78, 5) is 25.0. The zero-order chi connectivity index (χ0) is 20.6. The molecule has 0 saturated heterocycles. The van der Waals surface area contributed by atoms with Gasteiger partial charge in [0.15, 0.2) is 18.1 Å². The van der Waals surface area contributed by atoms with Crippen molar-refractivity contribution in [1.82, 2.24) is 5.32 Å². The highest BCUT2D eigenvalue weighted by atomic mass is 16.5. The first kappa shape index (κ1) is 20.0. The normalized spacial score (nSPS) is 32.0. The van der Waals surface area contributed by atoms with Crippen LogP contribution in [0, 0.1) is 17.3 Å². The number of amides is 1. The fourth-order valence-corrected chi connectivity index (χ4v) is 5.98. The van der Waals surface area contributed by atoms with Crippen molar-refractivity contribution in [2.24, 2.45) is 17.3 Å². The van der Waals surface area contributed by atoms with Crippen LogP contribution in [0.4, 0.5) is 0 Å². The smallest absolute Gasteiger partial charge is 0.312 e. The predicted octanol–water partition coefficient (Wildman–Crippen LogP) is 2.19. The number of benzene rings is 1. The molecule has 4 saturated carbocycles. The van der Waals surface area contributed by atoms with Gasteiger partial charge < -0.3 is 24.6 Å².